The second-order valence-corrected chi connectivity index (χ2v) is 10.7. The molecule has 10 heteroatoms. The Morgan fingerprint density at radius 3 is 1.11 bits per heavy atom. The van der Waals surface area contributed by atoms with Crippen molar-refractivity contribution < 1.29 is 47.5 Å². The first-order valence-electron chi connectivity index (χ1n) is 15.1. The summed E-state index contributed by atoms with van der Waals surface area (Å²) in [7, 11) is 0. The predicted octanol–water partition coefficient (Wildman–Crippen LogP) is 6.46. The summed E-state index contributed by atoms with van der Waals surface area (Å²) in [5.74, 6) is -3.57. The Hall–Kier alpha value is -3.70. The molecule has 45 heavy (non-hydrogen) atoms. The minimum Gasteiger partial charge on any atom is -0.484 e. The molecule has 0 bridgehead atoms. The minimum atomic E-state index is -1.70. The van der Waals surface area contributed by atoms with Crippen LogP contribution in [-0.2, 0) is 43.4 Å². The van der Waals surface area contributed by atoms with Crippen LogP contribution in [0.15, 0.2) is 72.8 Å². The van der Waals surface area contributed by atoms with E-state index in [1.165, 1.54) is 0 Å². The summed E-state index contributed by atoms with van der Waals surface area (Å²) < 4.78 is 45.5. The molecule has 0 atom stereocenters. The molecule has 0 unspecified atom stereocenters. The Morgan fingerprint density at radius 1 is 0.578 bits per heavy atom. The molecule has 2 rings (SSSR count). The fourth-order valence-corrected chi connectivity index (χ4v) is 4.21. The highest BCUT2D eigenvalue weighted by molar-refractivity contribution is 5.87. The molecular formula is C35H48O10. The molecule has 2 aromatic carbocycles. The number of benzene rings is 2. The van der Waals surface area contributed by atoms with Crippen LogP contribution in [0.4, 0.5) is 0 Å². The maximum atomic E-state index is 12.2. The van der Waals surface area contributed by atoms with Crippen molar-refractivity contribution >= 4 is 11.9 Å². The zero-order valence-corrected chi connectivity index (χ0v) is 27.9. The largest absolute Gasteiger partial charge is 0.484 e. The highest BCUT2D eigenvalue weighted by atomic mass is 16.9. The van der Waals surface area contributed by atoms with Gasteiger partial charge in [0.05, 0.1) is 26.4 Å². The zero-order valence-electron chi connectivity index (χ0n) is 27.9. The fourth-order valence-electron chi connectivity index (χ4n) is 4.21. The second-order valence-electron chi connectivity index (χ2n) is 10.7. The molecule has 0 saturated heterocycles. The normalized spacial score (nSPS) is 11.9. The summed E-state index contributed by atoms with van der Waals surface area (Å²) in [6, 6.07) is 15.2. The monoisotopic (exact) mass is 628 g/mol. The average Bonchev–Trinajstić information content (AvgIpc) is 3.00. The number of carbonyl (C=O) groups excluding carboxylic acids is 2. The van der Waals surface area contributed by atoms with Crippen LogP contribution >= 0.6 is 0 Å². The molecule has 0 aliphatic carbocycles. The maximum absolute atomic E-state index is 12.2. The van der Waals surface area contributed by atoms with E-state index in [0.29, 0.717) is 11.5 Å². The van der Waals surface area contributed by atoms with E-state index in [2.05, 4.69) is 27.0 Å². The number of hydrogen-bond acceptors (Lipinski definition) is 10. The van der Waals surface area contributed by atoms with Crippen LogP contribution in [0.5, 0.6) is 11.5 Å². The lowest BCUT2D eigenvalue weighted by molar-refractivity contribution is -0.368. The van der Waals surface area contributed by atoms with Gasteiger partial charge in [-0.2, -0.15) is 0 Å². The predicted molar refractivity (Wildman–Crippen MR) is 170 cm³/mol. The van der Waals surface area contributed by atoms with E-state index in [4.69, 9.17) is 37.9 Å². The van der Waals surface area contributed by atoms with Gasteiger partial charge < -0.3 is 37.9 Å². The van der Waals surface area contributed by atoms with Crippen LogP contribution in [0.3, 0.4) is 0 Å². The van der Waals surface area contributed by atoms with E-state index >= 15 is 0 Å². The quantitative estimate of drug-likeness (QED) is 0.0921. The summed E-state index contributed by atoms with van der Waals surface area (Å²) in [5, 5.41) is 0. The van der Waals surface area contributed by atoms with Crippen molar-refractivity contribution in [2.24, 2.45) is 0 Å². The van der Waals surface area contributed by atoms with Crippen LogP contribution in [0.1, 0.15) is 66.5 Å². The molecule has 0 amide bonds. The number of carbonyl (C=O) groups is 2. The number of ether oxygens (including phenoxy) is 8. The molecule has 0 aliphatic heterocycles. The first-order chi connectivity index (χ1) is 21.3. The zero-order chi connectivity index (χ0) is 33.7. The highest BCUT2D eigenvalue weighted by Gasteiger charge is 2.39. The van der Waals surface area contributed by atoms with E-state index in [-0.39, 0.29) is 56.2 Å². The Balaban J connectivity index is 2.16. The lowest BCUT2D eigenvalue weighted by Gasteiger charge is -2.32. The van der Waals surface area contributed by atoms with E-state index in [1.807, 2.05) is 48.5 Å². The molecule has 0 radical (unpaired) electrons. The van der Waals surface area contributed by atoms with Crippen molar-refractivity contribution in [1.82, 2.24) is 0 Å². The van der Waals surface area contributed by atoms with E-state index in [9.17, 15) is 9.59 Å². The molecule has 0 fully saturated rings. The van der Waals surface area contributed by atoms with Crippen molar-refractivity contribution in [3.63, 3.8) is 0 Å². The Labute approximate surface area is 267 Å². The lowest BCUT2D eigenvalue weighted by atomic mass is 9.78. The van der Waals surface area contributed by atoms with Crippen LogP contribution in [0, 0.1) is 0 Å². The lowest BCUT2D eigenvalue weighted by Crippen LogP contribution is -2.46. The van der Waals surface area contributed by atoms with E-state index < -0.39 is 23.9 Å². The molecule has 2 aromatic rings. The number of esters is 2. The smallest absolute Gasteiger partial charge is 0.365 e. The summed E-state index contributed by atoms with van der Waals surface area (Å²) in [6.45, 7) is 22.3. The Kier molecular flexibility index (Phi) is 14.3. The van der Waals surface area contributed by atoms with Gasteiger partial charge in [0.25, 0.3) is 0 Å². The summed E-state index contributed by atoms with van der Waals surface area (Å²) in [5.41, 5.74) is 2.15. The van der Waals surface area contributed by atoms with Crippen LogP contribution in [0.25, 0.3) is 0 Å². The van der Waals surface area contributed by atoms with Gasteiger partial charge in [0.2, 0.25) is 0 Å². The minimum absolute atomic E-state index is 0.168. The third kappa shape index (κ3) is 10.7. The topological polar surface area (TPSA) is 108 Å². The third-order valence-corrected chi connectivity index (χ3v) is 6.63. The molecular weight excluding hydrogens is 580 g/mol. The van der Waals surface area contributed by atoms with Crippen molar-refractivity contribution in [3.8, 4) is 11.5 Å². The summed E-state index contributed by atoms with van der Waals surface area (Å²) in [6.07, 6.45) is 0. The standard InChI is InChI=1S/C35H48O10/c1-11-40-34(41-12-2,44-31(36)25(5)6)23-38-29-19-15-27(16-20-29)33(9,10)28-17-21-30(22-18-28)39-24-35(42-13-3,43-14-4)45-32(37)26(7)8/h15-22H,5,7,11-14,23-24H2,1-4,6,8-10H3. The van der Waals surface area contributed by atoms with Crippen LogP contribution in [0.2, 0.25) is 0 Å². The van der Waals surface area contributed by atoms with Crippen molar-refractivity contribution in [3.05, 3.63) is 84.0 Å². The first kappa shape index (κ1) is 37.5. The van der Waals surface area contributed by atoms with Gasteiger partial charge in [-0.3, -0.25) is 0 Å². The summed E-state index contributed by atoms with van der Waals surface area (Å²) >= 11 is 0. The maximum Gasteiger partial charge on any atom is 0.365 e. The second kappa shape index (κ2) is 17.1. The Morgan fingerprint density at radius 2 is 0.867 bits per heavy atom. The van der Waals surface area contributed by atoms with E-state index in [1.54, 1.807) is 41.5 Å². The van der Waals surface area contributed by atoms with Gasteiger partial charge in [0.1, 0.15) is 11.5 Å². The first-order valence-corrected chi connectivity index (χ1v) is 15.1. The molecule has 0 aliphatic rings. The third-order valence-electron chi connectivity index (χ3n) is 6.63. The van der Waals surface area contributed by atoms with Gasteiger partial charge in [-0.15, -0.1) is 0 Å². The molecule has 0 aromatic heterocycles. The van der Waals surface area contributed by atoms with Crippen LogP contribution in [-0.4, -0.2) is 63.5 Å². The van der Waals surface area contributed by atoms with Crippen molar-refractivity contribution in [2.45, 2.75) is 72.8 Å². The number of hydrogen-bond donors (Lipinski definition) is 0. The molecule has 248 valence electrons. The van der Waals surface area contributed by atoms with Crippen LogP contribution < -0.4 is 9.47 Å². The molecule has 0 heterocycles. The van der Waals surface area contributed by atoms with Gasteiger partial charge in [0, 0.05) is 16.6 Å². The van der Waals surface area contributed by atoms with Gasteiger partial charge in [-0.1, -0.05) is 51.3 Å². The number of rotatable bonds is 20. The van der Waals surface area contributed by atoms with Gasteiger partial charge >= 0.3 is 23.9 Å². The fraction of sp³-hybridized carbons (Fsp3) is 0.486. The summed E-state index contributed by atoms with van der Waals surface area (Å²) in [4.78, 5) is 24.5. The van der Waals surface area contributed by atoms with Gasteiger partial charge in [0.15, 0.2) is 13.2 Å². The highest BCUT2D eigenvalue weighted by Crippen LogP contribution is 2.34. The SMILES string of the molecule is C=C(C)C(=O)OC(COc1ccc(C(C)(C)c2ccc(OCC(OCC)(OCC)OC(=O)C(=C)C)cc2)cc1)(OCC)OCC. The van der Waals surface area contributed by atoms with Crippen molar-refractivity contribution in [2.75, 3.05) is 39.6 Å². The van der Waals surface area contributed by atoms with Gasteiger partial charge in [-0.25, -0.2) is 9.59 Å². The average molecular weight is 629 g/mol. The van der Waals surface area contributed by atoms with Gasteiger partial charge in [-0.05, 0) is 76.9 Å². The molecule has 10 nitrogen and oxygen atoms in total. The molecule has 0 spiro atoms. The molecule has 0 saturated carbocycles. The van der Waals surface area contributed by atoms with E-state index in [0.717, 1.165) is 11.1 Å². The molecule has 0 N–H and O–H groups in total. The van der Waals surface area contributed by atoms with Crippen molar-refractivity contribution in [1.29, 1.82) is 0 Å². The Bertz CT molecular complexity index is 1150.